The zero-order valence-corrected chi connectivity index (χ0v) is 16.8. The van der Waals surface area contributed by atoms with Crippen molar-refractivity contribution in [2.45, 2.75) is 39.0 Å². The van der Waals surface area contributed by atoms with Crippen LogP contribution in [0, 0.1) is 5.92 Å². The summed E-state index contributed by atoms with van der Waals surface area (Å²) in [6, 6.07) is 0. The smallest absolute Gasteiger partial charge is 0.225 e. The minimum Gasteiger partial charge on any atom is -0.357 e. The Balaban J connectivity index is 1.70. The van der Waals surface area contributed by atoms with Gasteiger partial charge in [-0.3, -0.25) is 14.7 Å². The molecule has 2 aliphatic rings. The van der Waals surface area contributed by atoms with Gasteiger partial charge in [-0.1, -0.05) is 12.5 Å². The molecule has 1 N–H and O–H groups in total. The number of carbonyl (C=O) groups is 1. The molecule has 2 rings (SSSR count). The molecule has 0 atom stereocenters. The summed E-state index contributed by atoms with van der Waals surface area (Å²) < 4.78 is 0. The largest absolute Gasteiger partial charge is 0.357 e. The minimum atomic E-state index is 0.324. The Morgan fingerprint density at radius 1 is 1.31 bits per heavy atom. The van der Waals surface area contributed by atoms with Gasteiger partial charge in [-0.25, -0.2) is 0 Å². The fourth-order valence-electron chi connectivity index (χ4n) is 3.45. The first-order valence-electron chi connectivity index (χ1n) is 10.3. The molecule has 0 aromatic carbocycles. The van der Waals surface area contributed by atoms with E-state index < -0.39 is 0 Å². The molecule has 0 bridgehead atoms. The average Bonchev–Trinajstić information content (AvgIpc) is 2.60. The standard InChI is InChI=1S/C20H37N5O/c1-4-6-7-12-23(3)20(21-5-2)22-11-13-24-14-16-25(17-15-24)19(26)18-9-8-10-18/h4,18H,1,5-17H2,2-3H3,(H,21,22). The third kappa shape index (κ3) is 6.31. The Kier molecular flexibility index (Phi) is 8.95. The summed E-state index contributed by atoms with van der Waals surface area (Å²) in [6.07, 6.45) is 7.52. The van der Waals surface area contributed by atoms with Gasteiger partial charge in [-0.15, -0.1) is 6.58 Å². The summed E-state index contributed by atoms with van der Waals surface area (Å²) in [4.78, 5) is 23.8. The van der Waals surface area contributed by atoms with Gasteiger partial charge in [0.2, 0.25) is 5.91 Å². The van der Waals surface area contributed by atoms with Gasteiger partial charge in [0.15, 0.2) is 5.96 Å². The van der Waals surface area contributed by atoms with Crippen LogP contribution in [0.4, 0.5) is 0 Å². The van der Waals surface area contributed by atoms with E-state index in [1.165, 1.54) is 6.42 Å². The molecule has 0 unspecified atom stereocenters. The molecule has 2 fully saturated rings. The molecule has 1 heterocycles. The highest BCUT2D eigenvalue weighted by molar-refractivity contribution is 5.80. The van der Waals surface area contributed by atoms with Gasteiger partial charge < -0.3 is 15.1 Å². The number of aliphatic imine (C=N–C) groups is 1. The van der Waals surface area contributed by atoms with Crippen molar-refractivity contribution in [1.29, 1.82) is 0 Å². The number of rotatable bonds is 9. The van der Waals surface area contributed by atoms with E-state index in [0.717, 1.165) is 84.0 Å². The third-order valence-electron chi connectivity index (χ3n) is 5.41. The summed E-state index contributed by atoms with van der Waals surface area (Å²) in [5.41, 5.74) is 0. The molecule has 0 radical (unpaired) electrons. The molecule has 1 aliphatic carbocycles. The van der Waals surface area contributed by atoms with Crippen LogP contribution in [0.25, 0.3) is 0 Å². The second-order valence-corrected chi connectivity index (χ2v) is 7.38. The predicted octanol–water partition coefficient (Wildman–Crippen LogP) is 1.79. The van der Waals surface area contributed by atoms with Crippen LogP contribution >= 0.6 is 0 Å². The fraction of sp³-hybridized carbons (Fsp3) is 0.800. The summed E-state index contributed by atoms with van der Waals surface area (Å²) >= 11 is 0. The zero-order chi connectivity index (χ0) is 18.8. The van der Waals surface area contributed by atoms with Crippen LogP contribution < -0.4 is 5.32 Å². The van der Waals surface area contributed by atoms with Gasteiger partial charge in [0.25, 0.3) is 0 Å². The second kappa shape index (κ2) is 11.2. The Bertz CT molecular complexity index is 467. The fourth-order valence-corrected chi connectivity index (χ4v) is 3.45. The molecule has 0 aromatic rings. The van der Waals surface area contributed by atoms with E-state index in [0.29, 0.717) is 11.8 Å². The third-order valence-corrected chi connectivity index (χ3v) is 5.41. The SMILES string of the molecule is C=CCCCN(C)C(=NCCN1CCN(C(=O)C2CCC2)CC1)NCC. The van der Waals surface area contributed by atoms with Crippen LogP contribution in [-0.4, -0.2) is 86.0 Å². The molecule has 6 nitrogen and oxygen atoms in total. The van der Waals surface area contributed by atoms with Crippen LogP contribution in [-0.2, 0) is 4.79 Å². The Labute approximate surface area is 159 Å². The van der Waals surface area contributed by atoms with E-state index >= 15 is 0 Å². The minimum absolute atomic E-state index is 0.324. The molecule has 26 heavy (non-hydrogen) atoms. The van der Waals surface area contributed by atoms with Crippen molar-refractivity contribution in [2.24, 2.45) is 10.9 Å². The van der Waals surface area contributed by atoms with Crippen molar-refractivity contribution >= 4 is 11.9 Å². The lowest BCUT2D eigenvalue weighted by Crippen LogP contribution is -2.51. The molecule has 1 aliphatic heterocycles. The average molecular weight is 364 g/mol. The molecule has 1 saturated heterocycles. The van der Waals surface area contributed by atoms with E-state index in [-0.39, 0.29) is 0 Å². The number of piperazine rings is 1. The highest BCUT2D eigenvalue weighted by Crippen LogP contribution is 2.28. The van der Waals surface area contributed by atoms with Crippen LogP contribution in [0.3, 0.4) is 0 Å². The van der Waals surface area contributed by atoms with E-state index in [4.69, 9.17) is 4.99 Å². The maximum atomic E-state index is 12.3. The van der Waals surface area contributed by atoms with Crippen molar-refractivity contribution in [3.63, 3.8) is 0 Å². The summed E-state index contributed by atoms with van der Waals surface area (Å²) in [6.45, 7) is 13.2. The topological polar surface area (TPSA) is 51.2 Å². The number of nitrogens with one attached hydrogen (secondary N) is 1. The molecule has 148 valence electrons. The lowest BCUT2D eigenvalue weighted by molar-refractivity contribution is -0.139. The number of carbonyl (C=O) groups excluding carboxylic acids is 1. The van der Waals surface area contributed by atoms with Crippen molar-refractivity contribution in [2.75, 3.05) is 59.4 Å². The van der Waals surface area contributed by atoms with Gasteiger partial charge in [-0.2, -0.15) is 0 Å². The van der Waals surface area contributed by atoms with Gasteiger partial charge >= 0.3 is 0 Å². The van der Waals surface area contributed by atoms with Crippen molar-refractivity contribution in [1.82, 2.24) is 20.0 Å². The van der Waals surface area contributed by atoms with Crippen molar-refractivity contribution in [3.8, 4) is 0 Å². The van der Waals surface area contributed by atoms with Gasteiger partial charge in [0.05, 0.1) is 6.54 Å². The number of hydrogen-bond acceptors (Lipinski definition) is 3. The quantitative estimate of drug-likeness (QED) is 0.294. The second-order valence-electron chi connectivity index (χ2n) is 7.38. The number of allylic oxidation sites excluding steroid dienone is 1. The van der Waals surface area contributed by atoms with Crippen LogP contribution in [0.2, 0.25) is 0 Å². The summed E-state index contributed by atoms with van der Waals surface area (Å²) in [7, 11) is 2.09. The van der Waals surface area contributed by atoms with E-state index in [2.05, 4.69) is 40.6 Å². The Morgan fingerprint density at radius 3 is 2.62 bits per heavy atom. The molecular formula is C20H37N5O. The zero-order valence-electron chi connectivity index (χ0n) is 16.8. The lowest BCUT2D eigenvalue weighted by Gasteiger charge is -2.38. The van der Waals surface area contributed by atoms with Crippen LogP contribution in [0.1, 0.15) is 39.0 Å². The van der Waals surface area contributed by atoms with E-state index in [1.54, 1.807) is 0 Å². The molecule has 0 spiro atoms. The molecule has 1 saturated carbocycles. The van der Waals surface area contributed by atoms with Gasteiger partial charge in [-0.05, 0) is 32.6 Å². The number of unbranched alkanes of at least 4 members (excludes halogenated alkanes) is 1. The highest BCUT2D eigenvalue weighted by atomic mass is 16.2. The normalized spacial score (nSPS) is 19.2. The van der Waals surface area contributed by atoms with E-state index in [1.807, 2.05) is 6.08 Å². The Hall–Kier alpha value is -1.56. The lowest BCUT2D eigenvalue weighted by atomic mass is 9.84. The first-order chi connectivity index (χ1) is 12.7. The number of nitrogens with zero attached hydrogens (tertiary/aromatic N) is 4. The first kappa shape index (κ1) is 20.7. The number of hydrogen-bond donors (Lipinski definition) is 1. The summed E-state index contributed by atoms with van der Waals surface area (Å²) in [5, 5.41) is 3.37. The summed E-state index contributed by atoms with van der Waals surface area (Å²) in [5.74, 6) is 1.70. The maximum Gasteiger partial charge on any atom is 0.225 e. The number of guanidine groups is 1. The van der Waals surface area contributed by atoms with Crippen LogP contribution in [0.15, 0.2) is 17.6 Å². The van der Waals surface area contributed by atoms with E-state index in [9.17, 15) is 4.79 Å². The van der Waals surface area contributed by atoms with Crippen molar-refractivity contribution < 1.29 is 4.79 Å². The van der Waals surface area contributed by atoms with Crippen LogP contribution in [0.5, 0.6) is 0 Å². The molecular weight excluding hydrogens is 326 g/mol. The molecule has 0 aromatic heterocycles. The van der Waals surface area contributed by atoms with Crippen molar-refractivity contribution in [3.05, 3.63) is 12.7 Å². The first-order valence-corrected chi connectivity index (χ1v) is 10.3. The molecule has 6 heteroatoms. The maximum absolute atomic E-state index is 12.3. The number of amides is 1. The Morgan fingerprint density at radius 2 is 2.04 bits per heavy atom. The predicted molar refractivity (Wildman–Crippen MR) is 108 cm³/mol. The van der Waals surface area contributed by atoms with Gasteiger partial charge in [0.1, 0.15) is 0 Å². The molecule has 1 amide bonds. The monoisotopic (exact) mass is 363 g/mol. The highest BCUT2D eigenvalue weighted by Gasteiger charge is 2.30. The van der Waals surface area contributed by atoms with Gasteiger partial charge in [0, 0.05) is 58.8 Å².